The highest BCUT2D eigenvalue weighted by molar-refractivity contribution is 6.83. The predicted octanol–water partition coefficient (Wildman–Crippen LogP) is 12.6. The Bertz CT molecular complexity index is 849. The molecule has 36 heavy (non-hydrogen) atoms. The summed E-state index contributed by atoms with van der Waals surface area (Å²) >= 11 is 128. The number of hydrogen-bond acceptors (Lipinski definition) is 2. The van der Waals surface area contributed by atoms with E-state index in [0.717, 1.165) is 0 Å². The molecule has 0 aromatic heterocycles. The highest BCUT2D eigenvalue weighted by Crippen LogP contribution is 2.74. The molecule has 2 nitrogen and oxygen atoms in total. The summed E-state index contributed by atoms with van der Waals surface area (Å²) in [5.74, 6) is -1.36. The lowest BCUT2D eigenvalue weighted by molar-refractivity contribution is -0.147. The second-order valence-electron chi connectivity index (χ2n) is 6.24. The van der Waals surface area contributed by atoms with Crippen LogP contribution in [0.2, 0.25) is 0 Å². The zero-order valence-corrected chi connectivity index (χ0v) is 31.4. The lowest BCUT2D eigenvalue weighted by Crippen LogP contribution is -2.73. The Morgan fingerprint density at radius 3 is 0.917 bits per heavy atom. The van der Waals surface area contributed by atoms with Crippen LogP contribution in [0.5, 0.6) is 0 Å². The van der Waals surface area contributed by atoms with E-state index in [0.29, 0.717) is 6.08 Å². The van der Waals surface area contributed by atoms with Crippen LogP contribution < -0.4 is 0 Å². The molecule has 0 amide bonds. The van der Waals surface area contributed by atoms with Crippen LogP contribution in [0.3, 0.4) is 0 Å². The molecule has 0 aliphatic heterocycles. The SMILES string of the molecule is C=CC(=O)OC(Cl)(C(Cl)(Cl)Cl)C(Cl)(Cl)C(Cl)(Cl)C(Cl)(Cl)C(Cl)(Cl)C(Cl)(Cl)C(Cl)(Cl)C(Cl)(Cl)C(Cl)(Cl)Cl. The summed E-state index contributed by atoms with van der Waals surface area (Å²) in [7, 11) is 0. The normalized spacial score (nSPS) is 17.5. The molecule has 0 saturated carbocycles. The van der Waals surface area contributed by atoms with Crippen molar-refractivity contribution in [2.24, 2.45) is 0 Å². The lowest BCUT2D eigenvalue weighted by Gasteiger charge is -2.56. The first-order valence-corrected chi connectivity index (χ1v) is 15.5. The van der Waals surface area contributed by atoms with Gasteiger partial charge >= 0.3 is 5.97 Å². The Kier molecular flexibility index (Phi) is 14.4. The fourth-order valence-electron chi connectivity index (χ4n) is 1.85. The van der Waals surface area contributed by atoms with Gasteiger partial charge in [-0.3, -0.25) is 0 Å². The highest BCUT2D eigenvalue weighted by atomic mass is 35.6. The van der Waals surface area contributed by atoms with E-state index >= 15 is 0 Å². The van der Waals surface area contributed by atoms with Crippen LogP contribution in [0.4, 0.5) is 0 Å². The number of esters is 1. The Morgan fingerprint density at radius 2 is 0.694 bits per heavy atom. The topological polar surface area (TPSA) is 26.3 Å². The number of ether oxygens (including phenoxy) is 1. The van der Waals surface area contributed by atoms with Crippen molar-refractivity contribution in [3.05, 3.63) is 12.7 Å². The van der Waals surface area contributed by atoms with Crippen LogP contribution in [0, 0.1) is 0 Å². The largest absolute Gasteiger partial charge is 0.432 e. The van der Waals surface area contributed by atoms with Gasteiger partial charge in [0.25, 0.3) is 5.06 Å². The third-order valence-electron chi connectivity index (χ3n) is 3.90. The third kappa shape index (κ3) is 6.62. The fourth-order valence-corrected chi connectivity index (χ4v) is 8.42. The smallest absolute Gasteiger partial charge is 0.332 e. The molecule has 23 heteroatoms. The molecule has 0 radical (unpaired) electrons. The second kappa shape index (κ2) is 12.6. The van der Waals surface area contributed by atoms with Crippen molar-refractivity contribution >= 4 is 250 Å². The van der Waals surface area contributed by atoms with E-state index in [2.05, 4.69) is 6.58 Å². The Hall–Kier alpha value is 5.30. The van der Waals surface area contributed by atoms with Crippen LogP contribution in [-0.2, 0) is 9.53 Å². The van der Waals surface area contributed by atoms with E-state index in [9.17, 15) is 4.79 Å². The first-order valence-electron chi connectivity index (χ1n) is 7.53. The number of halogens is 21. The van der Waals surface area contributed by atoms with Crippen LogP contribution >= 0.6 is 244 Å². The summed E-state index contributed by atoms with van der Waals surface area (Å²) in [5, 5.41) is -3.25. The molecular formula is C13H3Cl21O2. The van der Waals surface area contributed by atoms with Crippen molar-refractivity contribution in [3.63, 3.8) is 0 Å². The van der Waals surface area contributed by atoms with Gasteiger partial charge in [-0.05, 0) is 0 Å². The Morgan fingerprint density at radius 1 is 0.444 bits per heavy atom. The van der Waals surface area contributed by atoms with Gasteiger partial charge in [0.2, 0.25) is 16.3 Å². The second-order valence-corrected chi connectivity index (χ2v) is 20.6. The number of carbonyl (C=O) groups is 1. The van der Waals surface area contributed by atoms with E-state index in [1.807, 2.05) is 0 Å². The van der Waals surface area contributed by atoms with Crippen molar-refractivity contribution in [1.29, 1.82) is 0 Å². The molecule has 0 saturated heterocycles. The van der Waals surface area contributed by atoms with Gasteiger partial charge in [0.05, 0.1) is 0 Å². The molecule has 0 spiro atoms. The molecule has 0 rings (SSSR count). The maximum Gasteiger partial charge on any atom is 0.332 e. The molecule has 1 unspecified atom stereocenters. The molecule has 1 atom stereocenters. The van der Waals surface area contributed by atoms with Gasteiger partial charge in [0, 0.05) is 6.08 Å². The third-order valence-corrected chi connectivity index (χ3v) is 17.5. The number of hydrogen-bond donors (Lipinski definition) is 0. The van der Waals surface area contributed by atoms with Crippen LogP contribution in [0.15, 0.2) is 12.7 Å². The van der Waals surface area contributed by atoms with E-state index in [4.69, 9.17) is 248 Å². The predicted molar refractivity (Wildman–Crippen MR) is 167 cm³/mol. The summed E-state index contributed by atoms with van der Waals surface area (Å²) in [4.78, 5) is 11.9. The number of carbonyl (C=O) groups excluding carboxylic acids is 1. The number of rotatable bonds is 9. The molecule has 214 valence electrons. The highest BCUT2D eigenvalue weighted by Gasteiger charge is 2.84. The van der Waals surface area contributed by atoms with Crippen LogP contribution in [0.1, 0.15) is 0 Å². The Labute approximate surface area is 310 Å². The van der Waals surface area contributed by atoms with Crippen LogP contribution in [0.25, 0.3) is 0 Å². The summed E-state index contributed by atoms with van der Waals surface area (Å²) in [5.41, 5.74) is 0. The minimum atomic E-state index is -3.34. The minimum absolute atomic E-state index is 0.568. The lowest BCUT2D eigenvalue weighted by atomic mass is 10.0. The van der Waals surface area contributed by atoms with E-state index < -0.39 is 48.9 Å². The van der Waals surface area contributed by atoms with E-state index in [1.165, 1.54) is 0 Å². The zero-order chi connectivity index (χ0) is 30.0. The van der Waals surface area contributed by atoms with Crippen molar-refractivity contribution in [2.45, 2.75) is 43.0 Å². The summed E-state index contributed by atoms with van der Waals surface area (Å²) in [6, 6.07) is 0. The van der Waals surface area contributed by atoms with Crippen molar-refractivity contribution in [3.8, 4) is 0 Å². The van der Waals surface area contributed by atoms with Gasteiger partial charge in [0.15, 0.2) is 21.7 Å². The average Bonchev–Trinajstić information content (AvgIpc) is 2.64. The fraction of sp³-hybridized carbons (Fsp3) is 0.769. The average molecular weight is 936 g/mol. The molecule has 0 bridgehead atoms. The van der Waals surface area contributed by atoms with Gasteiger partial charge < -0.3 is 4.74 Å². The molecule has 0 heterocycles. The molecule has 0 aromatic rings. The molecule has 0 N–H and O–H groups in total. The van der Waals surface area contributed by atoms with E-state index in [1.54, 1.807) is 0 Å². The standard InChI is InChI=1S/C13H3Cl21O2/c1-2-3(35)36-11(28,13(32,33)34)9(24,25)7(20,21)5(16,17)4(14,15)6(18,19)8(22,23)10(26,27)12(29,30)31/h2H,1H2. The Balaban J connectivity index is 7.25. The van der Waals surface area contributed by atoms with Crippen molar-refractivity contribution in [2.75, 3.05) is 0 Å². The monoisotopic (exact) mass is 925 g/mol. The van der Waals surface area contributed by atoms with Crippen molar-refractivity contribution in [1.82, 2.24) is 0 Å². The van der Waals surface area contributed by atoms with Crippen molar-refractivity contribution < 1.29 is 9.53 Å². The molecular weight excluding hydrogens is 933 g/mol. The van der Waals surface area contributed by atoms with Gasteiger partial charge in [-0.2, -0.15) is 0 Å². The summed E-state index contributed by atoms with van der Waals surface area (Å²) < 4.78 is -23.5. The minimum Gasteiger partial charge on any atom is -0.432 e. The number of alkyl halides is 21. The summed E-state index contributed by atoms with van der Waals surface area (Å²) in [6.07, 6.45) is 0.568. The van der Waals surface area contributed by atoms with Gasteiger partial charge in [-0.25, -0.2) is 4.79 Å². The zero-order valence-electron chi connectivity index (χ0n) is 15.5. The molecule has 0 aliphatic rings. The van der Waals surface area contributed by atoms with E-state index in [-0.39, 0.29) is 0 Å². The first kappa shape index (κ1) is 41.3. The quantitative estimate of drug-likeness (QED) is 0.131. The maximum atomic E-state index is 11.9. The molecule has 0 aromatic carbocycles. The molecule has 0 fully saturated rings. The van der Waals surface area contributed by atoms with Gasteiger partial charge in [-0.15, -0.1) is 0 Å². The summed E-state index contributed by atoms with van der Waals surface area (Å²) in [6.45, 7) is 3.13. The van der Waals surface area contributed by atoms with Gasteiger partial charge in [0.1, 0.15) is 0 Å². The van der Waals surface area contributed by atoms with Gasteiger partial charge in [-0.1, -0.05) is 250 Å². The molecule has 0 aliphatic carbocycles. The maximum absolute atomic E-state index is 11.9. The first-order chi connectivity index (χ1) is 15.2. The van der Waals surface area contributed by atoms with Crippen LogP contribution in [-0.4, -0.2) is 48.9 Å².